The van der Waals surface area contributed by atoms with Crippen molar-refractivity contribution in [3.8, 4) is 0 Å². The second kappa shape index (κ2) is 6.82. The molecule has 1 aliphatic rings. The van der Waals surface area contributed by atoms with Gasteiger partial charge in [0.25, 0.3) is 0 Å². The molecule has 1 amide bonds. The number of nitrogens with zero attached hydrogens (tertiary/aromatic N) is 1. The summed E-state index contributed by atoms with van der Waals surface area (Å²) in [5, 5.41) is 11.4. The summed E-state index contributed by atoms with van der Waals surface area (Å²) < 4.78 is 30.1. The zero-order chi connectivity index (χ0) is 17.1. The molecule has 0 unspecified atom stereocenters. The van der Waals surface area contributed by atoms with E-state index in [1.807, 2.05) is 0 Å². The zero-order valence-corrected chi connectivity index (χ0v) is 14.1. The zero-order valence-electron chi connectivity index (χ0n) is 13.3. The smallest absolute Gasteiger partial charge is 0.407 e. The maximum atomic E-state index is 11.9. The molecule has 1 saturated heterocycles. The van der Waals surface area contributed by atoms with Crippen LogP contribution in [-0.2, 0) is 19.6 Å². The molecular formula is C13H24N2O6S. The Morgan fingerprint density at radius 1 is 1.27 bits per heavy atom. The summed E-state index contributed by atoms with van der Waals surface area (Å²) in [6.45, 7) is 5.29. The number of carboxylic acid groups (broad SMARTS) is 1. The van der Waals surface area contributed by atoms with Crippen LogP contribution in [0.2, 0.25) is 0 Å². The van der Waals surface area contributed by atoms with E-state index in [4.69, 9.17) is 9.84 Å². The Labute approximate surface area is 130 Å². The Hall–Kier alpha value is -1.35. The van der Waals surface area contributed by atoms with Gasteiger partial charge in [0.15, 0.2) is 0 Å². The largest absolute Gasteiger partial charge is 0.481 e. The molecule has 1 fully saturated rings. The summed E-state index contributed by atoms with van der Waals surface area (Å²) in [5.74, 6) is -1.04. The molecule has 1 aliphatic heterocycles. The lowest BCUT2D eigenvalue weighted by Crippen LogP contribution is -2.47. The first kappa shape index (κ1) is 18.7. The molecule has 22 heavy (non-hydrogen) atoms. The summed E-state index contributed by atoms with van der Waals surface area (Å²) in [7, 11) is -3.55. The molecule has 2 N–H and O–H groups in total. The fourth-order valence-corrected chi connectivity index (χ4v) is 4.02. The van der Waals surface area contributed by atoms with Crippen molar-refractivity contribution < 1.29 is 27.9 Å². The quantitative estimate of drug-likeness (QED) is 0.767. The van der Waals surface area contributed by atoms with Crippen molar-refractivity contribution in [3.05, 3.63) is 0 Å². The van der Waals surface area contributed by atoms with Crippen LogP contribution in [0.25, 0.3) is 0 Å². The average Bonchev–Trinajstić information content (AvgIpc) is 2.65. The van der Waals surface area contributed by atoms with Crippen LogP contribution in [0.5, 0.6) is 0 Å². The van der Waals surface area contributed by atoms with Crippen molar-refractivity contribution in [1.82, 2.24) is 9.62 Å². The van der Waals surface area contributed by atoms with Crippen LogP contribution < -0.4 is 5.32 Å². The maximum Gasteiger partial charge on any atom is 0.407 e. The fraction of sp³-hybridized carbons (Fsp3) is 0.846. The number of nitrogens with one attached hydrogen (secondary N) is 1. The lowest BCUT2D eigenvalue weighted by molar-refractivity contribution is -0.137. The molecule has 0 radical (unpaired) electrons. The van der Waals surface area contributed by atoms with Crippen molar-refractivity contribution in [2.24, 2.45) is 0 Å². The van der Waals surface area contributed by atoms with Gasteiger partial charge in [0.1, 0.15) is 5.60 Å². The summed E-state index contributed by atoms with van der Waals surface area (Å²) >= 11 is 0. The van der Waals surface area contributed by atoms with E-state index in [1.165, 1.54) is 4.31 Å². The molecule has 0 aromatic heterocycles. The highest BCUT2D eigenvalue weighted by atomic mass is 32.2. The SMILES string of the molecule is CC(C)(C)OC(=O)NC[C@@H]1CC[C@H](CC(=O)O)N1S(C)(=O)=O. The number of aliphatic carboxylic acids is 1. The molecule has 128 valence electrons. The predicted molar refractivity (Wildman–Crippen MR) is 80.0 cm³/mol. The first-order valence-corrected chi connectivity index (χ1v) is 8.92. The molecule has 1 heterocycles. The fourth-order valence-electron chi connectivity index (χ4n) is 2.58. The van der Waals surface area contributed by atoms with Gasteiger partial charge in [-0.05, 0) is 33.6 Å². The number of carbonyl (C=O) groups excluding carboxylic acids is 1. The average molecular weight is 336 g/mol. The Kier molecular flexibility index (Phi) is 5.80. The van der Waals surface area contributed by atoms with Gasteiger partial charge in [-0.2, -0.15) is 4.31 Å². The third-order valence-corrected chi connectivity index (χ3v) is 4.59. The van der Waals surface area contributed by atoms with Crippen LogP contribution in [0.1, 0.15) is 40.0 Å². The Bertz CT molecular complexity index is 525. The molecule has 1 rings (SSSR count). The van der Waals surface area contributed by atoms with Crippen molar-refractivity contribution in [2.45, 2.75) is 57.7 Å². The van der Waals surface area contributed by atoms with E-state index in [0.29, 0.717) is 12.8 Å². The highest BCUT2D eigenvalue weighted by molar-refractivity contribution is 7.88. The van der Waals surface area contributed by atoms with Gasteiger partial charge in [-0.1, -0.05) is 0 Å². The van der Waals surface area contributed by atoms with Crippen molar-refractivity contribution >= 4 is 22.1 Å². The second-order valence-electron chi connectivity index (χ2n) is 6.46. The number of amides is 1. The molecule has 0 saturated carbocycles. The molecule has 2 atom stereocenters. The van der Waals surface area contributed by atoms with Gasteiger partial charge in [-0.15, -0.1) is 0 Å². The van der Waals surface area contributed by atoms with Gasteiger partial charge in [0, 0.05) is 18.6 Å². The topological polar surface area (TPSA) is 113 Å². The van der Waals surface area contributed by atoms with Crippen LogP contribution in [0.3, 0.4) is 0 Å². The van der Waals surface area contributed by atoms with Crippen LogP contribution in [0.15, 0.2) is 0 Å². The summed E-state index contributed by atoms with van der Waals surface area (Å²) in [6, 6.07) is -1.02. The number of carboxylic acids is 1. The molecule has 0 aromatic carbocycles. The lowest BCUT2D eigenvalue weighted by atomic mass is 10.1. The van der Waals surface area contributed by atoms with Crippen molar-refractivity contribution in [1.29, 1.82) is 0 Å². The van der Waals surface area contributed by atoms with Crippen molar-refractivity contribution in [3.63, 3.8) is 0 Å². The van der Waals surface area contributed by atoms with E-state index in [9.17, 15) is 18.0 Å². The standard InChI is InChI=1S/C13H24N2O6S/c1-13(2,3)21-12(18)14-8-10-6-5-9(7-11(16)17)15(10)22(4,19)20/h9-10H,5-8H2,1-4H3,(H,14,18)(H,16,17)/t9-,10+/m1/s1. The third kappa shape index (κ3) is 5.80. The number of sulfonamides is 1. The Balaban J connectivity index is 2.69. The third-order valence-electron chi connectivity index (χ3n) is 3.23. The molecule has 0 bridgehead atoms. The molecule has 8 nitrogen and oxygen atoms in total. The summed E-state index contributed by atoms with van der Waals surface area (Å²) in [4.78, 5) is 22.5. The van der Waals surface area contributed by atoms with E-state index in [2.05, 4.69) is 5.32 Å². The minimum absolute atomic E-state index is 0.0953. The molecular weight excluding hydrogens is 312 g/mol. The summed E-state index contributed by atoms with van der Waals surface area (Å²) in [5.41, 5.74) is -0.637. The maximum absolute atomic E-state index is 11.9. The summed E-state index contributed by atoms with van der Waals surface area (Å²) in [6.07, 6.45) is 1.15. The van der Waals surface area contributed by atoms with E-state index in [-0.39, 0.29) is 13.0 Å². The van der Waals surface area contributed by atoms with E-state index < -0.39 is 39.8 Å². The Morgan fingerprint density at radius 3 is 2.27 bits per heavy atom. The van der Waals surface area contributed by atoms with Crippen molar-refractivity contribution in [2.75, 3.05) is 12.8 Å². The molecule has 0 aliphatic carbocycles. The first-order valence-electron chi connectivity index (χ1n) is 7.07. The van der Waals surface area contributed by atoms with Gasteiger partial charge in [0.2, 0.25) is 10.0 Å². The Morgan fingerprint density at radius 2 is 1.82 bits per heavy atom. The van der Waals surface area contributed by atoms with Crippen LogP contribution in [0, 0.1) is 0 Å². The molecule has 0 spiro atoms. The number of alkyl carbamates (subject to hydrolysis) is 1. The number of ether oxygens (including phenoxy) is 1. The highest BCUT2D eigenvalue weighted by Crippen LogP contribution is 2.28. The molecule has 9 heteroatoms. The van der Waals surface area contributed by atoms with Crippen LogP contribution in [0.4, 0.5) is 4.79 Å². The van der Waals surface area contributed by atoms with E-state index in [0.717, 1.165) is 6.26 Å². The monoisotopic (exact) mass is 336 g/mol. The number of carbonyl (C=O) groups is 2. The normalized spacial score (nSPS) is 23.3. The molecule has 0 aromatic rings. The van der Waals surface area contributed by atoms with Crippen LogP contribution in [-0.4, -0.2) is 60.4 Å². The van der Waals surface area contributed by atoms with Crippen LogP contribution >= 0.6 is 0 Å². The van der Waals surface area contributed by atoms with Gasteiger partial charge in [0.05, 0.1) is 12.7 Å². The lowest BCUT2D eigenvalue weighted by Gasteiger charge is -2.27. The minimum atomic E-state index is -3.55. The van der Waals surface area contributed by atoms with E-state index >= 15 is 0 Å². The number of hydrogen-bond acceptors (Lipinski definition) is 5. The number of rotatable bonds is 5. The van der Waals surface area contributed by atoms with E-state index in [1.54, 1.807) is 20.8 Å². The number of hydrogen-bond donors (Lipinski definition) is 2. The second-order valence-corrected chi connectivity index (χ2v) is 8.35. The van der Waals surface area contributed by atoms with Gasteiger partial charge in [-0.25, -0.2) is 13.2 Å². The highest BCUT2D eigenvalue weighted by Gasteiger charge is 2.40. The van der Waals surface area contributed by atoms with Gasteiger partial charge >= 0.3 is 12.1 Å². The van der Waals surface area contributed by atoms with Gasteiger partial charge in [-0.3, -0.25) is 4.79 Å². The first-order chi connectivity index (χ1) is 9.90. The van der Waals surface area contributed by atoms with Gasteiger partial charge < -0.3 is 15.2 Å². The predicted octanol–water partition coefficient (Wildman–Crippen LogP) is 0.778. The minimum Gasteiger partial charge on any atom is -0.481 e.